The van der Waals surface area contributed by atoms with Crippen molar-refractivity contribution in [2.75, 3.05) is 19.6 Å². The van der Waals surface area contributed by atoms with E-state index in [2.05, 4.69) is 29.2 Å². The predicted molar refractivity (Wildman–Crippen MR) is 103 cm³/mol. The second-order valence-corrected chi connectivity index (χ2v) is 7.62. The molecule has 0 aromatic heterocycles. The molecule has 0 bridgehead atoms. The summed E-state index contributed by atoms with van der Waals surface area (Å²) in [6.45, 7) is 3.05. The Labute approximate surface area is 154 Å². The highest BCUT2D eigenvalue weighted by Crippen LogP contribution is 2.45. The van der Waals surface area contributed by atoms with Crippen molar-refractivity contribution >= 4 is 23.5 Å². The van der Waals surface area contributed by atoms with Gasteiger partial charge in [-0.3, -0.25) is 9.69 Å². The largest absolute Gasteiger partial charge is 0.300 e. The van der Waals surface area contributed by atoms with E-state index in [0.717, 1.165) is 43.1 Å². The standard InChI is InChI=1S/C22H22ClNO/c23-18-9-7-17(8-10-18)4-3-13-24-14-11-22(12-15-24)16-21(25)19-5-1-2-6-20(19)22/h1-10H,11-16H2. The zero-order chi connectivity index (χ0) is 17.3. The van der Waals surface area contributed by atoms with Crippen LogP contribution in [0.2, 0.25) is 5.02 Å². The Bertz CT molecular complexity index is 801. The minimum absolute atomic E-state index is 0.0874. The smallest absolute Gasteiger partial charge is 0.164 e. The molecule has 0 amide bonds. The van der Waals surface area contributed by atoms with E-state index in [-0.39, 0.29) is 5.41 Å². The van der Waals surface area contributed by atoms with Crippen LogP contribution in [0.4, 0.5) is 0 Å². The van der Waals surface area contributed by atoms with Gasteiger partial charge in [-0.05, 0) is 49.2 Å². The highest BCUT2D eigenvalue weighted by Gasteiger charge is 2.44. The second kappa shape index (κ2) is 6.78. The molecule has 4 rings (SSSR count). The van der Waals surface area contributed by atoms with Crippen LogP contribution in [0.15, 0.2) is 54.6 Å². The molecule has 3 heteroatoms. The molecule has 1 aliphatic carbocycles. The number of fused-ring (bicyclic) bond motifs is 2. The summed E-state index contributed by atoms with van der Waals surface area (Å²) in [4.78, 5) is 14.8. The van der Waals surface area contributed by atoms with Gasteiger partial charge in [-0.1, -0.05) is 60.2 Å². The van der Waals surface area contributed by atoms with Crippen LogP contribution in [-0.2, 0) is 5.41 Å². The van der Waals surface area contributed by atoms with E-state index >= 15 is 0 Å². The van der Waals surface area contributed by atoms with Crippen LogP contribution in [0.5, 0.6) is 0 Å². The summed E-state index contributed by atoms with van der Waals surface area (Å²) >= 11 is 5.92. The highest BCUT2D eigenvalue weighted by atomic mass is 35.5. The van der Waals surface area contributed by atoms with Crippen molar-refractivity contribution in [3.05, 3.63) is 76.3 Å². The molecule has 1 saturated heterocycles. The molecule has 0 N–H and O–H groups in total. The number of carbonyl (C=O) groups excluding carboxylic acids is 1. The number of carbonyl (C=O) groups is 1. The van der Waals surface area contributed by atoms with Gasteiger partial charge >= 0.3 is 0 Å². The summed E-state index contributed by atoms with van der Waals surface area (Å²) in [5.41, 5.74) is 3.51. The van der Waals surface area contributed by atoms with Gasteiger partial charge in [0.05, 0.1) is 0 Å². The monoisotopic (exact) mass is 351 g/mol. The van der Waals surface area contributed by atoms with E-state index in [4.69, 9.17) is 11.6 Å². The van der Waals surface area contributed by atoms with Crippen LogP contribution < -0.4 is 0 Å². The van der Waals surface area contributed by atoms with E-state index in [0.29, 0.717) is 12.2 Å². The molecule has 25 heavy (non-hydrogen) atoms. The molecule has 0 unspecified atom stereocenters. The number of Topliss-reactive ketones (excluding diaryl/α,β-unsaturated/α-hetero) is 1. The topological polar surface area (TPSA) is 20.3 Å². The lowest BCUT2D eigenvalue weighted by Crippen LogP contribution is -2.41. The van der Waals surface area contributed by atoms with Gasteiger partial charge in [-0.15, -0.1) is 0 Å². The van der Waals surface area contributed by atoms with Gasteiger partial charge < -0.3 is 0 Å². The zero-order valence-corrected chi connectivity index (χ0v) is 15.0. The Morgan fingerprint density at radius 3 is 2.52 bits per heavy atom. The van der Waals surface area contributed by atoms with E-state index in [1.807, 2.05) is 36.4 Å². The third-order valence-electron chi connectivity index (χ3n) is 5.65. The molecule has 1 fully saturated rings. The van der Waals surface area contributed by atoms with E-state index in [1.54, 1.807) is 0 Å². The molecule has 2 aromatic carbocycles. The molecule has 2 aromatic rings. The molecule has 0 atom stereocenters. The van der Waals surface area contributed by atoms with Gasteiger partial charge in [0, 0.05) is 29.0 Å². The summed E-state index contributed by atoms with van der Waals surface area (Å²) in [6, 6.07) is 16.1. The molecule has 0 radical (unpaired) electrons. The van der Waals surface area contributed by atoms with Gasteiger partial charge in [0.1, 0.15) is 0 Å². The first-order chi connectivity index (χ1) is 12.2. The maximum Gasteiger partial charge on any atom is 0.164 e. The van der Waals surface area contributed by atoms with Crippen LogP contribution in [0.3, 0.4) is 0 Å². The number of ketones is 1. The SMILES string of the molecule is O=C1CC2(CCN(CC=Cc3ccc(Cl)cc3)CC2)c2ccccc21. The van der Waals surface area contributed by atoms with Crippen molar-refractivity contribution in [2.24, 2.45) is 0 Å². The number of piperidine rings is 1. The summed E-state index contributed by atoms with van der Waals surface area (Å²) in [5.74, 6) is 0.326. The Hall–Kier alpha value is -1.90. The summed E-state index contributed by atoms with van der Waals surface area (Å²) < 4.78 is 0. The molecule has 1 spiro atoms. The summed E-state index contributed by atoms with van der Waals surface area (Å²) in [5, 5.41) is 0.768. The molecular formula is C22H22ClNO. The third kappa shape index (κ3) is 3.29. The first-order valence-corrected chi connectivity index (χ1v) is 9.31. The van der Waals surface area contributed by atoms with Crippen molar-refractivity contribution < 1.29 is 4.79 Å². The minimum atomic E-state index is 0.0874. The lowest BCUT2D eigenvalue weighted by atomic mass is 9.74. The number of halogens is 1. The number of hydrogen-bond donors (Lipinski definition) is 0. The molecule has 2 nitrogen and oxygen atoms in total. The maximum absolute atomic E-state index is 12.3. The van der Waals surface area contributed by atoms with Crippen molar-refractivity contribution in [2.45, 2.75) is 24.7 Å². The quantitative estimate of drug-likeness (QED) is 0.777. The number of likely N-dealkylation sites (tertiary alicyclic amines) is 1. The molecule has 2 aliphatic rings. The lowest BCUT2D eigenvalue weighted by molar-refractivity contribution is 0.0941. The van der Waals surface area contributed by atoms with Crippen LogP contribution >= 0.6 is 11.6 Å². The number of hydrogen-bond acceptors (Lipinski definition) is 2. The third-order valence-corrected chi connectivity index (χ3v) is 5.91. The average Bonchev–Trinajstić information content (AvgIpc) is 2.91. The van der Waals surface area contributed by atoms with Crippen LogP contribution in [0.1, 0.15) is 40.7 Å². The zero-order valence-electron chi connectivity index (χ0n) is 14.2. The molecule has 1 aliphatic heterocycles. The molecule has 1 heterocycles. The number of nitrogens with zero attached hydrogens (tertiary/aromatic N) is 1. The molecular weight excluding hydrogens is 330 g/mol. The van der Waals surface area contributed by atoms with Crippen molar-refractivity contribution in [3.63, 3.8) is 0 Å². The second-order valence-electron chi connectivity index (χ2n) is 7.18. The maximum atomic E-state index is 12.3. The Morgan fingerprint density at radius 2 is 1.76 bits per heavy atom. The van der Waals surface area contributed by atoms with E-state index in [1.165, 1.54) is 11.1 Å². The normalized spacial score (nSPS) is 19.6. The van der Waals surface area contributed by atoms with Crippen LogP contribution in [0.25, 0.3) is 6.08 Å². The highest BCUT2D eigenvalue weighted by molar-refractivity contribution is 6.30. The van der Waals surface area contributed by atoms with Gasteiger partial charge in [0.25, 0.3) is 0 Å². The molecule has 0 saturated carbocycles. The molecule has 128 valence electrons. The van der Waals surface area contributed by atoms with Gasteiger partial charge in [-0.25, -0.2) is 0 Å². The fourth-order valence-electron chi connectivity index (χ4n) is 4.21. The summed E-state index contributed by atoms with van der Waals surface area (Å²) in [6.07, 6.45) is 7.21. The first kappa shape index (κ1) is 16.6. The Balaban J connectivity index is 1.38. The lowest BCUT2D eigenvalue weighted by Gasteiger charge is -2.39. The van der Waals surface area contributed by atoms with E-state index < -0.39 is 0 Å². The van der Waals surface area contributed by atoms with Crippen LogP contribution in [0, 0.1) is 0 Å². The predicted octanol–water partition coefficient (Wildman–Crippen LogP) is 4.97. The fraction of sp³-hybridized carbons (Fsp3) is 0.318. The summed E-state index contributed by atoms with van der Waals surface area (Å²) in [7, 11) is 0. The van der Waals surface area contributed by atoms with Crippen molar-refractivity contribution in [1.29, 1.82) is 0 Å². The fourth-order valence-corrected chi connectivity index (χ4v) is 4.33. The number of benzene rings is 2. The average molecular weight is 352 g/mol. The first-order valence-electron chi connectivity index (χ1n) is 8.93. The van der Waals surface area contributed by atoms with Crippen LogP contribution in [-0.4, -0.2) is 30.3 Å². The van der Waals surface area contributed by atoms with Crippen molar-refractivity contribution in [3.8, 4) is 0 Å². The van der Waals surface area contributed by atoms with Gasteiger partial charge in [0.2, 0.25) is 0 Å². The Morgan fingerprint density at radius 1 is 1.04 bits per heavy atom. The van der Waals surface area contributed by atoms with Crippen molar-refractivity contribution in [1.82, 2.24) is 4.90 Å². The van der Waals surface area contributed by atoms with Gasteiger partial charge in [-0.2, -0.15) is 0 Å². The minimum Gasteiger partial charge on any atom is -0.300 e. The van der Waals surface area contributed by atoms with Gasteiger partial charge in [0.15, 0.2) is 5.78 Å². The Kier molecular flexibility index (Phi) is 4.49. The van der Waals surface area contributed by atoms with E-state index in [9.17, 15) is 4.79 Å². The number of rotatable bonds is 3.